The van der Waals surface area contributed by atoms with Crippen LogP contribution in [0, 0.1) is 0 Å². The van der Waals surface area contributed by atoms with E-state index in [4.69, 9.17) is 23.2 Å². The summed E-state index contributed by atoms with van der Waals surface area (Å²) < 4.78 is 0. The summed E-state index contributed by atoms with van der Waals surface area (Å²) >= 11 is 12.1. The molecular formula is C12H9Cl2N. The fourth-order valence-electron chi connectivity index (χ4n) is 1.33. The SMILES string of the molecule is Clc1ccc([C@@H](Cl)c2ccccn2)cc1. The number of hydrogen-bond donors (Lipinski definition) is 0. The Balaban J connectivity index is 2.29. The maximum Gasteiger partial charge on any atom is 0.101 e. The molecule has 0 saturated heterocycles. The van der Waals surface area contributed by atoms with Crippen molar-refractivity contribution in [1.29, 1.82) is 0 Å². The normalized spacial score (nSPS) is 12.4. The van der Waals surface area contributed by atoms with Gasteiger partial charge in [0.15, 0.2) is 0 Å². The summed E-state index contributed by atoms with van der Waals surface area (Å²) in [5, 5.41) is 0.493. The highest BCUT2D eigenvalue weighted by atomic mass is 35.5. The van der Waals surface area contributed by atoms with E-state index in [1.807, 2.05) is 42.5 Å². The standard InChI is InChI=1S/C12H9Cl2N/c13-10-6-4-9(5-7-10)12(14)11-3-1-2-8-15-11/h1-8,12H/t12-/m1/s1. The molecular weight excluding hydrogens is 229 g/mol. The molecule has 76 valence electrons. The molecule has 1 aromatic heterocycles. The van der Waals surface area contributed by atoms with Crippen molar-refractivity contribution in [2.75, 3.05) is 0 Å². The fourth-order valence-corrected chi connectivity index (χ4v) is 1.73. The first-order valence-corrected chi connectivity index (χ1v) is 5.39. The largest absolute Gasteiger partial charge is 0.259 e. The number of benzene rings is 1. The van der Waals surface area contributed by atoms with Crippen molar-refractivity contribution in [3.05, 3.63) is 64.9 Å². The van der Waals surface area contributed by atoms with Gasteiger partial charge in [-0.15, -0.1) is 11.6 Å². The third kappa shape index (κ3) is 2.49. The lowest BCUT2D eigenvalue weighted by Gasteiger charge is -2.08. The van der Waals surface area contributed by atoms with Crippen LogP contribution >= 0.6 is 23.2 Å². The molecule has 3 heteroatoms. The van der Waals surface area contributed by atoms with E-state index in [-0.39, 0.29) is 5.38 Å². The lowest BCUT2D eigenvalue weighted by molar-refractivity contribution is 1.04. The third-order valence-corrected chi connectivity index (χ3v) is 2.84. The van der Waals surface area contributed by atoms with E-state index in [0.717, 1.165) is 11.3 Å². The van der Waals surface area contributed by atoms with Crippen LogP contribution in [0.5, 0.6) is 0 Å². The second-order valence-corrected chi connectivity index (χ2v) is 4.04. The molecule has 1 atom stereocenters. The van der Waals surface area contributed by atoms with Gasteiger partial charge >= 0.3 is 0 Å². The molecule has 1 nitrogen and oxygen atoms in total. The molecule has 1 aromatic carbocycles. The quantitative estimate of drug-likeness (QED) is 0.719. The Labute approximate surface area is 98.7 Å². The Hall–Kier alpha value is -1.05. The summed E-state index contributed by atoms with van der Waals surface area (Å²) in [5.41, 5.74) is 1.85. The number of aromatic nitrogens is 1. The number of hydrogen-bond acceptors (Lipinski definition) is 1. The van der Waals surface area contributed by atoms with Crippen LogP contribution in [0.1, 0.15) is 16.6 Å². The van der Waals surface area contributed by atoms with Gasteiger partial charge in [0.2, 0.25) is 0 Å². The van der Waals surface area contributed by atoms with Gasteiger partial charge in [-0.2, -0.15) is 0 Å². The van der Waals surface area contributed by atoms with Gasteiger partial charge in [-0.3, -0.25) is 4.98 Å². The first-order valence-electron chi connectivity index (χ1n) is 4.58. The van der Waals surface area contributed by atoms with Crippen molar-refractivity contribution in [1.82, 2.24) is 4.98 Å². The minimum atomic E-state index is -0.219. The molecule has 2 aromatic rings. The molecule has 0 spiro atoms. The second kappa shape index (κ2) is 4.65. The van der Waals surface area contributed by atoms with Crippen LogP contribution in [0.2, 0.25) is 5.02 Å². The average Bonchev–Trinajstić information content (AvgIpc) is 2.30. The summed E-state index contributed by atoms with van der Waals surface area (Å²) in [6.07, 6.45) is 1.74. The first kappa shape index (κ1) is 10.5. The van der Waals surface area contributed by atoms with Crippen molar-refractivity contribution in [2.45, 2.75) is 5.38 Å². The average molecular weight is 238 g/mol. The molecule has 0 saturated carbocycles. The Morgan fingerprint density at radius 3 is 2.33 bits per heavy atom. The van der Waals surface area contributed by atoms with Gasteiger partial charge < -0.3 is 0 Å². The maximum atomic E-state index is 6.28. The van der Waals surface area contributed by atoms with Gasteiger partial charge in [0.25, 0.3) is 0 Å². The number of alkyl halides is 1. The van der Waals surface area contributed by atoms with Crippen LogP contribution in [0.3, 0.4) is 0 Å². The van der Waals surface area contributed by atoms with Gasteiger partial charge in [-0.1, -0.05) is 29.8 Å². The molecule has 0 aliphatic carbocycles. The minimum Gasteiger partial charge on any atom is -0.259 e. The number of halogens is 2. The smallest absolute Gasteiger partial charge is 0.101 e. The Morgan fingerprint density at radius 2 is 1.73 bits per heavy atom. The summed E-state index contributed by atoms with van der Waals surface area (Å²) in [4.78, 5) is 4.21. The van der Waals surface area contributed by atoms with Crippen LogP contribution in [-0.2, 0) is 0 Å². The zero-order valence-corrected chi connectivity index (χ0v) is 9.41. The third-order valence-electron chi connectivity index (χ3n) is 2.11. The molecule has 15 heavy (non-hydrogen) atoms. The van der Waals surface area contributed by atoms with Crippen LogP contribution in [0.15, 0.2) is 48.7 Å². The van der Waals surface area contributed by atoms with Gasteiger partial charge in [0.05, 0.1) is 5.69 Å². The lowest BCUT2D eigenvalue weighted by Crippen LogP contribution is -1.95. The van der Waals surface area contributed by atoms with Gasteiger partial charge in [-0.25, -0.2) is 0 Å². The van der Waals surface area contributed by atoms with Crippen LogP contribution < -0.4 is 0 Å². The monoisotopic (exact) mass is 237 g/mol. The highest BCUT2D eigenvalue weighted by Crippen LogP contribution is 2.27. The van der Waals surface area contributed by atoms with Crippen molar-refractivity contribution < 1.29 is 0 Å². The summed E-state index contributed by atoms with van der Waals surface area (Å²) in [6.45, 7) is 0. The van der Waals surface area contributed by atoms with Crippen molar-refractivity contribution in [3.63, 3.8) is 0 Å². The Kier molecular flexibility index (Phi) is 3.24. The fraction of sp³-hybridized carbons (Fsp3) is 0.0833. The first-order chi connectivity index (χ1) is 7.27. The van der Waals surface area contributed by atoms with Crippen LogP contribution in [0.25, 0.3) is 0 Å². The number of pyridine rings is 1. The minimum absolute atomic E-state index is 0.219. The van der Waals surface area contributed by atoms with E-state index in [1.54, 1.807) is 6.20 Å². The molecule has 0 radical (unpaired) electrons. The molecule has 1 heterocycles. The van der Waals surface area contributed by atoms with Gasteiger partial charge in [-0.05, 0) is 29.8 Å². The molecule has 0 aliphatic heterocycles. The van der Waals surface area contributed by atoms with Gasteiger partial charge in [0.1, 0.15) is 5.38 Å². The highest BCUT2D eigenvalue weighted by Gasteiger charge is 2.10. The molecule has 0 fully saturated rings. The van der Waals surface area contributed by atoms with Crippen molar-refractivity contribution >= 4 is 23.2 Å². The Bertz CT molecular complexity index is 425. The van der Waals surface area contributed by atoms with E-state index in [2.05, 4.69) is 4.98 Å². The van der Waals surface area contributed by atoms with E-state index in [9.17, 15) is 0 Å². The Morgan fingerprint density at radius 1 is 1.00 bits per heavy atom. The second-order valence-electron chi connectivity index (χ2n) is 3.17. The number of nitrogens with zero attached hydrogens (tertiary/aromatic N) is 1. The molecule has 0 amide bonds. The van der Waals surface area contributed by atoms with Crippen LogP contribution in [0.4, 0.5) is 0 Å². The van der Waals surface area contributed by atoms with Gasteiger partial charge in [0, 0.05) is 11.2 Å². The number of rotatable bonds is 2. The molecule has 0 N–H and O–H groups in total. The summed E-state index contributed by atoms with van der Waals surface area (Å²) in [5.74, 6) is 0. The predicted octanol–water partition coefficient (Wildman–Crippen LogP) is 4.06. The van der Waals surface area contributed by atoms with Crippen molar-refractivity contribution in [3.8, 4) is 0 Å². The van der Waals surface area contributed by atoms with E-state index >= 15 is 0 Å². The molecule has 0 aliphatic rings. The highest BCUT2D eigenvalue weighted by molar-refractivity contribution is 6.30. The van der Waals surface area contributed by atoms with E-state index in [1.165, 1.54) is 0 Å². The topological polar surface area (TPSA) is 12.9 Å². The summed E-state index contributed by atoms with van der Waals surface area (Å²) in [7, 11) is 0. The van der Waals surface area contributed by atoms with E-state index in [0.29, 0.717) is 5.02 Å². The van der Waals surface area contributed by atoms with E-state index < -0.39 is 0 Å². The zero-order chi connectivity index (χ0) is 10.7. The molecule has 2 rings (SSSR count). The zero-order valence-electron chi connectivity index (χ0n) is 7.90. The van der Waals surface area contributed by atoms with Crippen LogP contribution in [-0.4, -0.2) is 4.98 Å². The maximum absolute atomic E-state index is 6.28. The summed E-state index contributed by atoms with van der Waals surface area (Å²) in [6, 6.07) is 13.2. The lowest BCUT2D eigenvalue weighted by atomic mass is 10.1. The molecule has 0 unspecified atom stereocenters. The molecule has 0 bridgehead atoms. The van der Waals surface area contributed by atoms with Crippen molar-refractivity contribution in [2.24, 2.45) is 0 Å². The predicted molar refractivity (Wildman–Crippen MR) is 63.4 cm³/mol.